The fraction of sp³-hybridized carbons (Fsp3) is 0.500. The highest BCUT2D eigenvalue weighted by Gasteiger charge is 2.43. The number of hydrogen-bond donors (Lipinski definition) is 2. The molecule has 0 saturated heterocycles. The Kier molecular flexibility index (Phi) is 9.35. The average molecular weight is 508 g/mol. The number of carbonyl (C=O) groups is 3. The van der Waals surface area contributed by atoms with Crippen LogP contribution in [0.1, 0.15) is 76.6 Å². The van der Waals surface area contributed by atoms with Crippen LogP contribution in [0.2, 0.25) is 0 Å². The molecule has 0 aromatic heterocycles. The highest BCUT2D eigenvalue weighted by atomic mass is 16.6. The lowest BCUT2D eigenvalue weighted by atomic mass is 9.86. The molecule has 1 fully saturated rings. The summed E-state index contributed by atoms with van der Waals surface area (Å²) in [5.74, 6) is -0.709. The van der Waals surface area contributed by atoms with E-state index in [0.717, 1.165) is 36.0 Å². The summed E-state index contributed by atoms with van der Waals surface area (Å²) in [6.07, 6.45) is 1.98. The largest absolute Gasteiger partial charge is 0.444 e. The Morgan fingerprint density at radius 3 is 2.16 bits per heavy atom. The second kappa shape index (κ2) is 12.3. The zero-order valence-electron chi connectivity index (χ0n) is 22.9. The van der Waals surface area contributed by atoms with E-state index in [9.17, 15) is 14.4 Å². The van der Waals surface area contributed by atoms with Crippen LogP contribution in [-0.4, -0.2) is 40.5 Å². The SMILES string of the molecule is Cc1ccccc1C(C(=O)NCc1ccccc1)N(C(=O)C(NC(=O)OC(C)(C)C)C(C)C)C1CCC1. The highest BCUT2D eigenvalue weighted by molar-refractivity contribution is 5.92. The topological polar surface area (TPSA) is 87.7 Å². The van der Waals surface area contributed by atoms with Gasteiger partial charge in [-0.2, -0.15) is 0 Å². The van der Waals surface area contributed by atoms with E-state index in [1.165, 1.54) is 0 Å². The zero-order chi connectivity index (χ0) is 27.2. The first kappa shape index (κ1) is 28.2. The third-order valence-electron chi connectivity index (χ3n) is 6.65. The Morgan fingerprint density at radius 1 is 1.00 bits per heavy atom. The van der Waals surface area contributed by atoms with Gasteiger partial charge in [-0.15, -0.1) is 0 Å². The van der Waals surface area contributed by atoms with Crippen LogP contribution in [0.15, 0.2) is 54.6 Å². The number of nitrogens with one attached hydrogen (secondary N) is 2. The molecule has 0 heterocycles. The van der Waals surface area contributed by atoms with Gasteiger partial charge in [0.15, 0.2) is 0 Å². The van der Waals surface area contributed by atoms with Crippen LogP contribution in [0.4, 0.5) is 4.79 Å². The van der Waals surface area contributed by atoms with Crippen LogP contribution in [0.5, 0.6) is 0 Å². The molecule has 1 saturated carbocycles. The predicted molar refractivity (Wildman–Crippen MR) is 145 cm³/mol. The van der Waals surface area contributed by atoms with E-state index in [0.29, 0.717) is 6.54 Å². The van der Waals surface area contributed by atoms with Crippen molar-refractivity contribution < 1.29 is 19.1 Å². The number of benzene rings is 2. The van der Waals surface area contributed by atoms with Crippen molar-refractivity contribution in [1.29, 1.82) is 0 Å². The summed E-state index contributed by atoms with van der Waals surface area (Å²) in [7, 11) is 0. The molecule has 0 aliphatic heterocycles. The van der Waals surface area contributed by atoms with Gasteiger partial charge in [-0.05, 0) is 69.6 Å². The first-order valence-corrected chi connectivity index (χ1v) is 13.2. The third-order valence-corrected chi connectivity index (χ3v) is 6.65. The molecule has 2 aromatic rings. The summed E-state index contributed by atoms with van der Waals surface area (Å²) < 4.78 is 5.45. The third kappa shape index (κ3) is 7.57. The zero-order valence-corrected chi connectivity index (χ0v) is 22.9. The first-order valence-electron chi connectivity index (χ1n) is 13.2. The molecule has 0 radical (unpaired) electrons. The molecule has 0 spiro atoms. The Morgan fingerprint density at radius 2 is 1.62 bits per heavy atom. The maximum absolute atomic E-state index is 14.2. The van der Waals surface area contributed by atoms with Crippen LogP contribution in [-0.2, 0) is 20.9 Å². The van der Waals surface area contributed by atoms with Crippen molar-refractivity contribution >= 4 is 17.9 Å². The van der Waals surface area contributed by atoms with Gasteiger partial charge in [0.1, 0.15) is 17.7 Å². The van der Waals surface area contributed by atoms with Gasteiger partial charge in [-0.1, -0.05) is 68.4 Å². The second-order valence-corrected chi connectivity index (χ2v) is 11.2. The van der Waals surface area contributed by atoms with Crippen LogP contribution >= 0.6 is 0 Å². The normalized spacial score (nSPS) is 15.3. The van der Waals surface area contributed by atoms with Gasteiger partial charge in [0.05, 0.1) is 0 Å². The summed E-state index contributed by atoms with van der Waals surface area (Å²) in [6, 6.07) is 15.7. The lowest BCUT2D eigenvalue weighted by molar-refractivity contribution is -0.148. The summed E-state index contributed by atoms with van der Waals surface area (Å²) in [4.78, 5) is 42.4. The molecule has 2 atom stereocenters. The average Bonchev–Trinajstić information content (AvgIpc) is 2.79. The summed E-state index contributed by atoms with van der Waals surface area (Å²) in [5, 5.41) is 5.85. The molecule has 7 heteroatoms. The number of rotatable bonds is 9. The summed E-state index contributed by atoms with van der Waals surface area (Å²) in [6.45, 7) is 11.4. The lowest BCUT2D eigenvalue weighted by Crippen LogP contribution is -2.58. The minimum atomic E-state index is -0.830. The van der Waals surface area contributed by atoms with Gasteiger partial charge < -0.3 is 20.3 Å². The van der Waals surface area contributed by atoms with Crippen molar-refractivity contribution in [3.05, 3.63) is 71.3 Å². The number of amides is 3. The van der Waals surface area contributed by atoms with Gasteiger partial charge in [0.2, 0.25) is 11.8 Å². The Bertz CT molecular complexity index is 1070. The van der Waals surface area contributed by atoms with Gasteiger partial charge in [0, 0.05) is 12.6 Å². The van der Waals surface area contributed by atoms with E-state index < -0.39 is 23.8 Å². The number of carbonyl (C=O) groups excluding carboxylic acids is 3. The molecule has 2 aromatic carbocycles. The molecule has 37 heavy (non-hydrogen) atoms. The second-order valence-electron chi connectivity index (χ2n) is 11.2. The molecule has 3 rings (SSSR count). The molecule has 200 valence electrons. The minimum Gasteiger partial charge on any atom is -0.444 e. The smallest absolute Gasteiger partial charge is 0.408 e. The summed E-state index contributed by atoms with van der Waals surface area (Å²) >= 11 is 0. The van der Waals surface area contributed by atoms with Crippen molar-refractivity contribution in [1.82, 2.24) is 15.5 Å². The number of alkyl carbamates (subject to hydrolysis) is 1. The van der Waals surface area contributed by atoms with Crippen molar-refractivity contribution in [2.45, 2.75) is 91.1 Å². The molecule has 1 aliphatic rings. The molecular formula is C30H41N3O4. The predicted octanol–water partition coefficient (Wildman–Crippen LogP) is 5.28. The Hall–Kier alpha value is -3.35. The van der Waals surface area contributed by atoms with E-state index in [1.807, 2.05) is 75.4 Å². The highest BCUT2D eigenvalue weighted by Crippen LogP contribution is 2.35. The van der Waals surface area contributed by atoms with Gasteiger partial charge in [0.25, 0.3) is 0 Å². The molecule has 2 unspecified atom stereocenters. The quantitative estimate of drug-likeness (QED) is 0.483. The maximum Gasteiger partial charge on any atom is 0.408 e. The Labute approximate surface area is 221 Å². The van der Waals surface area contributed by atoms with Crippen LogP contribution in [0.25, 0.3) is 0 Å². The van der Waals surface area contributed by atoms with E-state index in [1.54, 1.807) is 25.7 Å². The maximum atomic E-state index is 14.2. The monoisotopic (exact) mass is 507 g/mol. The van der Waals surface area contributed by atoms with E-state index >= 15 is 0 Å². The molecular weight excluding hydrogens is 466 g/mol. The fourth-order valence-corrected chi connectivity index (χ4v) is 4.48. The number of aryl methyl sites for hydroxylation is 1. The molecule has 2 N–H and O–H groups in total. The number of ether oxygens (including phenoxy) is 1. The standard InChI is InChI=1S/C30H41N3O4/c1-20(2)25(32-29(36)37-30(4,5)6)28(35)33(23-16-12-17-23)26(24-18-11-10-13-21(24)3)27(34)31-19-22-14-8-7-9-15-22/h7-11,13-15,18,20,23,25-26H,12,16-17,19H2,1-6H3,(H,31,34)(H,32,36). The molecule has 0 bridgehead atoms. The van der Waals surface area contributed by atoms with Crippen molar-refractivity contribution in [2.75, 3.05) is 0 Å². The van der Waals surface area contributed by atoms with Gasteiger partial charge >= 0.3 is 6.09 Å². The summed E-state index contributed by atoms with van der Waals surface area (Å²) in [5.41, 5.74) is 2.00. The first-order chi connectivity index (χ1) is 17.5. The van der Waals surface area contributed by atoms with Gasteiger partial charge in [-0.25, -0.2) is 4.79 Å². The van der Waals surface area contributed by atoms with Crippen LogP contribution in [0, 0.1) is 12.8 Å². The van der Waals surface area contributed by atoms with Crippen LogP contribution < -0.4 is 10.6 Å². The molecule has 1 aliphatic carbocycles. The fourth-order valence-electron chi connectivity index (χ4n) is 4.48. The van der Waals surface area contributed by atoms with E-state index in [4.69, 9.17) is 4.74 Å². The van der Waals surface area contributed by atoms with Crippen molar-refractivity contribution in [2.24, 2.45) is 5.92 Å². The van der Waals surface area contributed by atoms with Crippen molar-refractivity contribution in [3.63, 3.8) is 0 Å². The van der Waals surface area contributed by atoms with E-state index in [-0.39, 0.29) is 23.8 Å². The Balaban J connectivity index is 1.96. The van der Waals surface area contributed by atoms with Gasteiger partial charge in [-0.3, -0.25) is 9.59 Å². The van der Waals surface area contributed by atoms with Crippen LogP contribution in [0.3, 0.4) is 0 Å². The molecule has 7 nitrogen and oxygen atoms in total. The van der Waals surface area contributed by atoms with Crippen molar-refractivity contribution in [3.8, 4) is 0 Å². The number of nitrogens with zero attached hydrogens (tertiary/aromatic N) is 1. The number of hydrogen-bond acceptors (Lipinski definition) is 4. The van der Waals surface area contributed by atoms with E-state index in [2.05, 4.69) is 10.6 Å². The minimum absolute atomic E-state index is 0.0822. The molecule has 3 amide bonds. The lowest BCUT2D eigenvalue weighted by Gasteiger charge is -2.44.